The van der Waals surface area contributed by atoms with E-state index in [-0.39, 0.29) is 24.5 Å². The van der Waals surface area contributed by atoms with Crippen LogP contribution in [0.1, 0.15) is 45.1 Å². The predicted molar refractivity (Wildman–Crippen MR) is 127 cm³/mol. The Bertz CT molecular complexity index is 817. The Morgan fingerprint density at radius 3 is 2.21 bits per heavy atom. The first-order chi connectivity index (χ1) is 16.1. The SMILES string of the molecule is CCC(C)C(NC(=O)C(N)Cc1ccc(O)cc1)C(=O)NC(CCCCN)C(=O)NCC(=O)O. The second kappa shape index (κ2) is 14.9. The summed E-state index contributed by atoms with van der Waals surface area (Å²) in [5, 5.41) is 25.8. The van der Waals surface area contributed by atoms with Crippen LogP contribution in [0.15, 0.2) is 24.3 Å². The van der Waals surface area contributed by atoms with Gasteiger partial charge in [-0.3, -0.25) is 19.2 Å². The molecule has 0 aromatic heterocycles. The monoisotopic (exact) mass is 479 g/mol. The first-order valence-electron chi connectivity index (χ1n) is 11.4. The highest BCUT2D eigenvalue weighted by atomic mass is 16.4. The van der Waals surface area contributed by atoms with Crippen LogP contribution in [0.25, 0.3) is 0 Å². The Hall–Kier alpha value is -3.18. The van der Waals surface area contributed by atoms with Crippen molar-refractivity contribution in [1.82, 2.24) is 16.0 Å². The number of rotatable bonds is 15. The number of hydrogen-bond acceptors (Lipinski definition) is 7. The number of nitrogens with two attached hydrogens (primary N) is 2. The first kappa shape index (κ1) is 28.9. The van der Waals surface area contributed by atoms with E-state index >= 15 is 0 Å². The van der Waals surface area contributed by atoms with Gasteiger partial charge in [-0.2, -0.15) is 0 Å². The van der Waals surface area contributed by atoms with Crippen molar-refractivity contribution in [2.75, 3.05) is 13.1 Å². The number of carbonyl (C=O) groups is 4. The Morgan fingerprint density at radius 1 is 1.00 bits per heavy atom. The molecule has 0 radical (unpaired) electrons. The maximum Gasteiger partial charge on any atom is 0.322 e. The number of carbonyl (C=O) groups excluding carboxylic acids is 3. The van der Waals surface area contributed by atoms with Crippen molar-refractivity contribution in [3.63, 3.8) is 0 Å². The molecule has 34 heavy (non-hydrogen) atoms. The zero-order valence-corrected chi connectivity index (χ0v) is 19.8. The third-order valence-electron chi connectivity index (χ3n) is 5.52. The van der Waals surface area contributed by atoms with Gasteiger partial charge < -0.3 is 37.6 Å². The highest BCUT2D eigenvalue weighted by Gasteiger charge is 2.31. The van der Waals surface area contributed by atoms with Crippen LogP contribution in [0.2, 0.25) is 0 Å². The number of amides is 3. The normalized spacial score (nSPS) is 14.4. The van der Waals surface area contributed by atoms with Gasteiger partial charge in [0, 0.05) is 0 Å². The molecule has 4 unspecified atom stereocenters. The van der Waals surface area contributed by atoms with E-state index < -0.39 is 48.4 Å². The maximum absolute atomic E-state index is 13.1. The van der Waals surface area contributed by atoms with Gasteiger partial charge in [0.05, 0.1) is 6.04 Å². The number of phenols is 1. The second-order valence-electron chi connectivity index (χ2n) is 8.31. The molecule has 1 aromatic carbocycles. The van der Waals surface area contributed by atoms with E-state index in [0.717, 1.165) is 5.56 Å². The molecule has 0 aliphatic carbocycles. The summed E-state index contributed by atoms with van der Waals surface area (Å²) in [6, 6.07) is 3.47. The number of aromatic hydroxyl groups is 1. The fourth-order valence-electron chi connectivity index (χ4n) is 3.25. The fourth-order valence-corrected chi connectivity index (χ4v) is 3.25. The summed E-state index contributed by atoms with van der Waals surface area (Å²) in [6.07, 6.45) is 2.25. The number of phenolic OH excluding ortho intramolecular Hbond substituents is 1. The van der Waals surface area contributed by atoms with E-state index in [1.807, 2.05) is 6.92 Å². The summed E-state index contributed by atoms with van der Waals surface area (Å²) >= 11 is 0. The molecule has 0 aliphatic rings. The van der Waals surface area contributed by atoms with E-state index in [1.165, 1.54) is 12.1 Å². The fraction of sp³-hybridized carbons (Fsp3) is 0.565. The number of carboxylic acid groups (broad SMARTS) is 1. The van der Waals surface area contributed by atoms with Gasteiger partial charge in [-0.05, 0) is 55.8 Å². The minimum Gasteiger partial charge on any atom is -0.508 e. The molecule has 0 saturated heterocycles. The summed E-state index contributed by atoms with van der Waals surface area (Å²) in [5.74, 6) is -3.05. The number of unbranched alkanes of at least 4 members (excludes halogenated alkanes) is 1. The van der Waals surface area contributed by atoms with Crippen molar-refractivity contribution >= 4 is 23.7 Å². The van der Waals surface area contributed by atoms with Crippen LogP contribution in [-0.2, 0) is 25.6 Å². The van der Waals surface area contributed by atoms with Crippen LogP contribution in [-0.4, -0.2) is 65.1 Å². The smallest absolute Gasteiger partial charge is 0.322 e. The van der Waals surface area contributed by atoms with Crippen LogP contribution in [0.3, 0.4) is 0 Å². The van der Waals surface area contributed by atoms with E-state index in [4.69, 9.17) is 16.6 Å². The van der Waals surface area contributed by atoms with Gasteiger partial charge >= 0.3 is 5.97 Å². The summed E-state index contributed by atoms with van der Waals surface area (Å²) in [5.41, 5.74) is 12.3. The third kappa shape index (κ3) is 10.2. The number of benzene rings is 1. The Labute approximate surface area is 199 Å². The van der Waals surface area contributed by atoms with Gasteiger partial charge in [-0.15, -0.1) is 0 Å². The topological polar surface area (TPSA) is 197 Å². The zero-order chi connectivity index (χ0) is 25.7. The molecule has 4 atom stereocenters. The van der Waals surface area contributed by atoms with Gasteiger partial charge in [0.25, 0.3) is 0 Å². The number of carboxylic acids is 1. The molecule has 0 heterocycles. The van der Waals surface area contributed by atoms with E-state index in [9.17, 15) is 24.3 Å². The van der Waals surface area contributed by atoms with Crippen molar-refractivity contribution < 1.29 is 29.4 Å². The number of aliphatic carboxylic acids is 1. The molecule has 1 aromatic rings. The van der Waals surface area contributed by atoms with Crippen LogP contribution < -0.4 is 27.4 Å². The quantitative estimate of drug-likeness (QED) is 0.165. The van der Waals surface area contributed by atoms with E-state index in [0.29, 0.717) is 25.8 Å². The number of hydrogen-bond donors (Lipinski definition) is 7. The highest BCUT2D eigenvalue weighted by molar-refractivity contribution is 5.93. The molecule has 0 bridgehead atoms. The minimum absolute atomic E-state index is 0.101. The summed E-state index contributed by atoms with van der Waals surface area (Å²) < 4.78 is 0. The van der Waals surface area contributed by atoms with Crippen LogP contribution >= 0.6 is 0 Å². The maximum atomic E-state index is 13.1. The Balaban J connectivity index is 2.88. The van der Waals surface area contributed by atoms with E-state index in [2.05, 4.69) is 16.0 Å². The predicted octanol–water partition coefficient (Wildman–Crippen LogP) is -0.392. The average molecular weight is 480 g/mol. The van der Waals surface area contributed by atoms with Gasteiger partial charge in [0.1, 0.15) is 24.4 Å². The van der Waals surface area contributed by atoms with Crippen LogP contribution in [0.5, 0.6) is 5.75 Å². The Kier molecular flexibility index (Phi) is 12.6. The lowest BCUT2D eigenvalue weighted by Crippen LogP contribution is -2.58. The lowest BCUT2D eigenvalue weighted by Gasteiger charge is -2.27. The molecule has 0 saturated carbocycles. The molecule has 1 rings (SSSR count). The Morgan fingerprint density at radius 2 is 1.65 bits per heavy atom. The third-order valence-corrected chi connectivity index (χ3v) is 5.52. The van der Waals surface area contributed by atoms with Crippen molar-refractivity contribution in [3.05, 3.63) is 29.8 Å². The van der Waals surface area contributed by atoms with Crippen LogP contribution in [0.4, 0.5) is 0 Å². The minimum atomic E-state index is -1.20. The summed E-state index contributed by atoms with van der Waals surface area (Å²) in [7, 11) is 0. The largest absolute Gasteiger partial charge is 0.508 e. The number of nitrogens with one attached hydrogen (secondary N) is 3. The average Bonchev–Trinajstić information content (AvgIpc) is 2.80. The molecule has 0 aliphatic heterocycles. The second-order valence-corrected chi connectivity index (χ2v) is 8.31. The molecular formula is C23H37N5O6. The van der Waals surface area contributed by atoms with Gasteiger partial charge in [0.2, 0.25) is 17.7 Å². The molecule has 3 amide bonds. The van der Waals surface area contributed by atoms with Crippen molar-refractivity contribution in [3.8, 4) is 5.75 Å². The molecule has 9 N–H and O–H groups in total. The molecule has 0 fully saturated rings. The molecule has 11 heteroatoms. The molecule has 11 nitrogen and oxygen atoms in total. The van der Waals surface area contributed by atoms with Crippen molar-refractivity contribution in [1.29, 1.82) is 0 Å². The van der Waals surface area contributed by atoms with Gasteiger partial charge in [-0.25, -0.2) is 0 Å². The summed E-state index contributed by atoms with van der Waals surface area (Å²) in [4.78, 5) is 49.0. The molecule has 190 valence electrons. The lowest BCUT2D eigenvalue weighted by atomic mass is 9.96. The van der Waals surface area contributed by atoms with Crippen molar-refractivity contribution in [2.45, 2.75) is 64.1 Å². The van der Waals surface area contributed by atoms with Gasteiger partial charge in [0.15, 0.2) is 0 Å². The lowest BCUT2D eigenvalue weighted by molar-refractivity contribution is -0.138. The summed E-state index contributed by atoms with van der Waals surface area (Å²) in [6.45, 7) is 3.51. The standard InChI is InChI=1S/C23H37N5O6/c1-3-14(2)20(28-21(32)17(25)12-15-7-9-16(29)10-8-15)23(34)27-18(6-4-5-11-24)22(33)26-13-19(30)31/h7-10,14,17-18,20,29H,3-6,11-13,24-25H2,1-2H3,(H,26,33)(H,27,34)(H,28,32)(H,30,31). The molecule has 0 spiro atoms. The van der Waals surface area contributed by atoms with Crippen molar-refractivity contribution in [2.24, 2.45) is 17.4 Å². The van der Waals surface area contributed by atoms with Crippen LogP contribution in [0, 0.1) is 5.92 Å². The highest BCUT2D eigenvalue weighted by Crippen LogP contribution is 2.13. The van der Waals surface area contributed by atoms with E-state index in [1.54, 1.807) is 19.1 Å². The first-order valence-corrected chi connectivity index (χ1v) is 11.4. The zero-order valence-electron chi connectivity index (χ0n) is 19.8. The molecular weight excluding hydrogens is 442 g/mol. The van der Waals surface area contributed by atoms with Gasteiger partial charge in [-0.1, -0.05) is 32.4 Å².